The number of halogens is 1. The van der Waals surface area contributed by atoms with E-state index in [1.54, 1.807) is 0 Å². The van der Waals surface area contributed by atoms with Gasteiger partial charge in [0, 0.05) is 21.6 Å². The van der Waals surface area contributed by atoms with Crippen LogP contribution in [0.5, 0.6) is 0 Å². The smallest absolute Gasteiger partial charge is 0.0533 e. The Morgan fingerprint density at radius 2 is 2.20 bits per heavy atom. The van der Waals surface area contributed by atoms with E-state index in [9.17, 15) is 0 Å². The molecule has 0 spiro atoms. The first-order valence-electron chi connectivity index (χ1n) is 7.77. The lowest BCUT2D eigenvalue weighted by atomic mass is 9.61. The molecule has 106 valence electrons. The van der Waals surface area contributed by atoms with Gasteiger partial charge in [-0.3, -0.25) is 0 Å². The van der Waals surface area contributed by atoms with Crippen LogP contribution >= 0.6 is 11.6 Å². The summed E-state index contributed by atoms with van der Waals surface area (Å²) in [4.78, 5) is 3.68. The van der Waals surface area contributed by atoms with E-state index in [1.807, 2.05) is 6.07 Å². The zero-order valence-electron chi connectivity index (χ0n) is 11.9. The molecule has 2 aliphatic rings. The molecule has 2 heterocycles. The summed E-state index contributed by atoms with van der Waals surface area (Å²) in [5.74, 6) is 0. The quantitative estimate of drug-likeness (QED) is 0.831. The number of hydrogen-bond acceptors (Lipinski definition) is 1. The van der Waals surface area contributed by atoms with Crippen molar-refractivity contribution >= 4 is 22.5 Å². The van der Waals surface area contributed by atoms with Gasteiger partial charge in [0.2, 0.25) is 0 Å². The third kappa shape index (κ3) is 1.68. The second-order valence-corrected chi connectivity index (χ2v) is 6.85. The average molecular weight is 289 g/mol. The molecule has 1 atom stereocenters. The molecule has 0 saturated heterocycles. The van der Waals surface area contributed by atoms with Crippen molar-refractivity contribution in [3.8, 4) is 0 Å². The van der Waals surface area contributed by atoms with Crippen molar-refractivity contribution in [1.82, 2.24) is 10.3 Å². The van der Waals surface area contributed by atoms with E-state index in [0.29, 0.717) is 11.5 Å². The molecule has 1 aromatic carbocycles. The minimum Gasteiger partial charge on any atom is -0.357 e. The molecule has 1 aliphatic heterocycles. The van der Waals surface area contributed by atoms with Crippen molar-refractivity contribution < 1.29 is 0 Å². The van der Waals surface area contributed by atoms with E-state index in [2.05, 4.69) is 29.4 Å². The molecule has 2 nitrogen and oxygen atoms in total. The molecule has 4 rings (SSSR count). The third-order valence-electron chi connectivity index (χ3n) is 5.58. The summed E-state index contributed by atoms with van der Waals surface area (Å²) in [6, 6.07) is 6.71. The molecule has 2 aromatic rings. The van der Waals surface area contributed by atoms with Crippen LogP contribution in [0.2, 0.25) is 5.02 Å². The van der Waals surface area contributed by atoms with Crippen LogP contribution < -0.4 is 5.32 Å². The summed E-state index contributed by atoms with van der Waals surface area (Å²) in [5, 5.41) is 5.94. The number of fused-ring (bicyclic) bond motifs is 3. The van der Waals surface area contributed by atoms with Crippen LogP contribution in [-0.4, -0.2) is 11.5 Å². The van der Waals surface area contributed by atoms with Gasteiger partial charge in [-0.2, -0.15) is 0 Å². The van der Waals surface area contributed by atoms with Crippen LogP contribution in [0, 0.1) is 5.41 Å². The van der Waals surface area contributed by atoms with E-state index in [-0.39, 0.29) is 0 Å². The highest BCUT2D eigenvalue weighted by molar-refractivity contribution is 6.31. The summed E-state index contributed by atoms with van der Waals surface area (Å²) in [6.45, 7) is 3.42. The molecule has 1 aliphatic carbocycles. The van der Waals surface area contributed by atoms with Crippen molar-refractivity contribution in [2.45, 2.75) is 45.1 Å². The number of nitrogens with one attached hydrogen (secondary N) is 2. The second-order valence-electron chi connectivity index (χ2n) is 6.41. The molecular formula is C17H21ClN2. The van der Waals surface area contributed by atoms with Gasteiger partial charge in [0.1, 0.15) is 0 Å². The second kappa shape index (κ2) is 4.51. The Bertz CT molecular complexity index is 649. The van der Waals surface area contributed by atoms with Gasteiger partial charge in [-0.1, -0.05) is 24.9 Å². The Morgan fingerprint density at radius 1 is 1.35 bits per heavy atom. The topological polar surface area (TPSA) is 27.8 Å². The van der Waals surface area contributed by atoms with Crippen molar-refractivity contribution in [2.24, 2.45) is 5.41 Å². The zero-order chi connectivity index (χ0) is 13.7. The first-order valence-corrected chi connectivity index (χ1v) is 8.15. The number of H-pyrrole nitrogens is 1. The van der Waals surface area contributed by atoms with Gasteiger partial charge in [0.15, 0.2) is 0 Å². The summed E-state index contributed by atoms with van der Waals surface area (Å²) in [6.07, 6.45) is 6.47. The maximum Gasteiger partial charge on any atom is 0.0533 e. The first kappa shape index (κ1) is 12.7. The monoisotopic (exact) mass is 288 g/mol. The van der Waals surface area contributed by atoms with Crippen LogP contribution in [0.15, 0.2) is 18.2 Å². The van der Waals surface area contributed by atoms with Crippen LogP contribution in [0.1, 0.15) is 49.9 Å². The number of hydrogen-bond donors (Lipinski definition) is 2. The molecule has 0 amide bonds. The van der Waals surface area contributed by atoms with Crippen LogP contribution in [-0.2, 0) is 6.42 Å². The lowest BCUT2D eigenvalue weighted by Gasteiger charge is -2.49. The molecule has 3 heteroatoms. The van der Waals surface area contributed by atoms with Gasteiger partial charge in [-0.25, -0.2) is 0 Å². The Morgan fingerprint density at radius 3 is 2.90 bits per heavy atom. The molecule has 1 aromatic heterocycles. The van der Waals surface area contributed by atoms with Gasteiger partial charge in [0.05, 0.1) is 6.04 Å². The van der Waals surface area contributed by atoms with Crippen molar-refractivity contribution in [3.63, 3.8) is 0 Å². The van der Waals surface area contributed by atoms with Crippen LogP contribution in [0.4, 0.5) is 0 Å². The van der Waals surface area contributed by atoms with Gasteiger partial charge < -0.3 is 10.3 Å². The fraction of sp³-hybridized carbons (Fsp3) is 0.529. The summed E-state index contributed by atoms with van der Waals surface area (Å²) < 4.78 is 0. The minimum atomic E-state index is 0.472. The van der Waals surface area contributed by atoms with Gasteiger partial charge in [-0.15, -0.1) is 0 Å². The highest BCUT2D eigenvalue weighted by atomic mass is 35.5. The fourth-order valence-corrected chi connectivity index (χ4v) is 4.37. The summed E-state index contributed by atoms with van der Waals surface area (Å²) in [7, 11) is 0. The molecule has 1 saturated carbocycles. The first-order chi connectivity index (χ1) is 9.73. The molecule has 0 bridgehead atoms. The van der Waals surface area contributed by atoms with E-state index in [1.165, 1.54) is 47.8 Å². The van der Waals surface area contributed by atoms with Crippen molar-refractivity contribution in [2.75, 3.05) is 6.54 Å². The Labute approximate surface area is 124 Å². The molecule has 1 unspecified atom stereocenters. The maximum absolute atomic E-state index is 6.18. The minimum absolute atomic E-state index is 0.472. The molecule has 0 radical (unpaired) electrons. The van der Waals surface area contributed by atoms with Gasteiger partial charge >= 0.3 is 0 Å². The molecule has 1 fully saturated rings. The van der Waals surface area contributed by atoms with Gasteiger partial charge in [-0.05, 0) is 61.4 Å². The molecule has 20 heavy (non-hydrogen) atoms. The lowest BCUT2D eigenvalue weighted by Crippen LogP contribution is -2.45. The van der Waals surface area contributed by atoms with E-state index in [4.69, 9.17) is 11.6 Å². The van der Waals surface area contributed by atoms with Crippen LogP contribution in [0.3, 0.4) is 0 Å². The average Bonchev–Trinajstić information content (AvgIpc) is 2.77. The highest BCUT2D eigenvalue weighted by Gasteiger charge is 2.45. The Balaban J connectivity index is 1.87. The standard InChI is InChI=1S/C17H21ClN2/c1-2-17(7-3-8-17)16-15-12(6-9-19-16)13-10-11(18)4-5-14(13)20-15/h4-5,10,16,19-20H,2-3,6-9H2,1H3. The van der Waals surface area contributed by atoms with E-state index in [0.717, 1.165) is 18.0 Å². The maximum atomic E-state index is 6.18. The largest absolute Gasteiger partial charge is 0.357 e. The number of rotatable bonds is 2. The normalized spacial score (nSPS) is 24.4. The van der Waals surface area contributed by atoms with Gasteiger partial charge in [0.25, 0.3) is 0 Å². The Hall–Kier alpha value is -0.990. The highest BCUT2D eigenvalue weighted by Crippen LogP contribution is 2.54. The fourth-order valence-electron chi connectivity index (χ4n) is 4.20. The molecular weight excluding hydrogens is 268 g/mol. The Kier molecular flexibility index (Phi) is 2.87. The SMILES string of the molecule is CCC1(C2NCCc3c2[nH]c2ccc(Cl)cc32)CCC1. The number of benzene rings is 1. The predicted octanol–water partition coefficient (Wildman–Crippen LogP) is 4.59. The van der Waals surface area contributed by atoms with Crippen LogP contribution in [0.25, 0.3) is 10.9 Å². The lowest BCUT2D eigenvalue weighted by molar-refractivity contribution is 0.0633. The van der Waals surface area contributed by atoms with E-state index >= 15 is 0 Å². The number of aromatic nitrogens is 1. The predicted molar refractivity (Wildman–Crippen MR) is 84.3 cm³/mol. The third-order valence-corrected chi connectivity index (χ3v) is 5.81. The van der Waals surface area contributed by atoms with Crippen molar-refractivity contribution in [1.29, 1.82) is 0 Å². The summed E-state index contributed by atoms with van der Waals surface area (Å²) in [5.41, 5.74) is 4.62. The zero-order valence-corrected chi connectivity index (χ0v) is 12.7. The summed E-state index contributed by atoms with van der Waals surface area (Å²) >= 11 is 6.18. The van der Waals surface area contributed by atoms with Crippen molar-refractivity contribution in [3.05, 3.63) is 34.5 Å². The van der Waals surface area contributed by atoms with E-state index < -0.39 is 0 Å². The molecule has 2 N–H and O–H groups in total. The number of aromatic amines is 1.